The number of hydrogen-bond acceptors (Lipinski definition) is 3. The summed E-state index contributed by atoms with van der Waals surface area (Å²) in [6.45, 7) is -0.135. The Hall–Kier alpha value is -2.85. The van der Waals surface area contributed by atoms with E-state index in [2.05, 4.69) is 0 Å². The number of nitrogens with zero attached hydrogens (tertiary/aromatic N) is 1. The monoisotopic (exact) mass is 349 g/mol. The van der Waals surface area contributed by atoms with Crippen molar-refractivity contribution in [1.29, 1.82) is 0 Å². The molecule has 0 aliphatic carbocycles. The number of rotatable bonds is 6. The molecule has 0 spiro atoms. The molecule has 1 atom stereocenters. The largest absolute Gasteiger partial charge is 0.497 e. The van der Waals surface area contributed by atoms with Crippen molar-refractivity contribution in [2.45, 2.75) is 12.5 Å². The van der Waals surface area contributed by atoms with Gasteiger partial charge in [-0.2, -0.15) is 0 Å². The summed E-state index contributed by atoms with van der Waals surface area (Å²) >= 11 is 0. The van der Waals surface area contributed by atoms with Crippen LogP contribution < -0.4 is 4.74 Å². The maximum Gasteiger partial charge on any atom is 0.227 e. The number of aliphatic hydroxyl groups excluding tert-OH is 1. The van der Waals surface area contributed by atoms with Crippen LogP contribution in [0, 0.1) is 0 Å². The number of aliphatic hydroxyl groups is 1. The van der Waals surface area contributed by atoms with Gasteiger partial charge in [-0.3, -0.25) is 4.79 Å². The average molecular weight is 349 g/mol. The van der Waals surface area contributed by atoms with Crippen LogP contribution in [0.15, 0.2) is 66.7 Å². The molecule has 0 bridgehead atoms. The van der Waals surface area contributed by atoms with Crippen LogP contribution in [-0.2, 0) is 11.2 Å². The van der Waals surface area contributed by atoms with E-state index in [4.69, 9.17) is 4.74 Å². The summed E-state index contributed by atoms with van der Waals surface area (Å²) in [7, 11) is 3.34. The van der Waals surface area contributed by atoms with E-state index in [1.54, 1.807) is 19.1 Å². The van der Waals surface area contributed by atoms with Crippen molar-refractivity contribution in [3.63, 3.8) is 0 Å². The quantitative estimate of drug-likeness (QED) is 0.740. The first-order chi connectivity index (χ1) is 12.6. The minimum Gasteiger partial charge on any atom is -0.497 e. The Morgan fingerprint density at radius 3 is 2.42 bits per heavy atom. The summed E-state index contributed by atoms with van der Waals surface area (Å²) < 4.78 is 5.17. The van der Waals surface area contributed by atoms with Crippen molar-refractivity contribution in [3.8, 4) is 5.75 Å². The molecular weight excluding hydrogens is 326 g/mol. The van der Waals surface area contributed by atoms with Crippen LogP contribution >= 0.6 is 0 Å². The number of benzene rings is 3. The molecule has 3 rings (SSSR count). The van der Waals surface area contributed by atoms with Gasteiger partial charge in [0.25, 0.3) is 0 Å². The molecule has 1 N–H and O–H groups in total. The van der Waals surface area contributed by atoms with E-state index in [0.29, 0.717) is 6.42 Å². The summed E-state index contributed by atoms with van der Waals surface area (Å²) in [5, 5.41) is 12.0. The third-order valence-electron chi connectivity index (χ3n) is 4.76. The SMILES string of the molecule is COc1ccc(C(CO)N(C)C(=O)Cc2cccc3ccccc23)cc1. The highest BCUT2D eigenvalue weighted by molar-refractivity contribution is 5.90. The Bertz CT molecular complexity index is 884. The second kappa shape index (κ2) is 8.02. The topological polar surface area (TPSA) is 49.8 Å². The van der Waals surface area contributed by atoms with Gasteiger partial charge in [-0.05, 0) is 34.0 Å². The Labute approximate surface area is 153 Å². The molecule has 134 valence electrons. The maximum absolute atomic E-state index is 12.8. The zero-order chi connectivity index (χ0) is 18.5. The molecule has 0 aliphatic rings. The normalized spacial score (nSPS) is 12.0. The highest BCUT2D eigenvalue weighted by Crippen LogP contribution is 2.24. The molecule has 1 unspecified atom stereocenters. The number of ether oxygens (including phenoxy) is 1. The van der Waals surface area contributed by atoms with Crippen molar-refractivity contribution >= 4 is 16.7 Å². The minimum absolute atomic E-state index is 0.0313. The minimum atomic E-state index is -0.386. The lowest BCUT2D eigenvalue weighted by atomic mass is 10.0. The van der Waals surface area contributed by atoms with Crippen molar-refractivity contribution in [3.05, 3.63) is 77.9 Å². The van der Waals surface area contributed by atoms with Gasteiger partial charge in [0.2, 0.25) is 5.91 Å². The molecule has 3 aromatic carbocycles. The van der Waals surface area contributed by atoms with Gasteiger partial charge in [0.15, 0.2) is 0 Å². The fourth-order valence-electron chi connectivity index (χ4n) is 3.19. The Balaban J connectivity index is 1.80. The van der Waals surface area contributed by atoms with Gasteiger partial charge in [-0.15, -0.1) is 0 Å². The van der Waals surface area contributed by atoms with E-state index < -0.39 is 0 Å². The molecule has 4 nitrogen and oxygen atoms in total. The number of hydrogen-bond donors (Lipinski definition) is 1. The molecule has 26 heavy (non-hydrogen) atoms. The fraction of sp³-hybridized carbons (Fsp3) is 0.227. The van der Waals surface area contributed by atoms with Crippen LogP contribution in [-0.4, -0.2) is 36.7 Å². The van der Waals surface area contributed by atoms with Gasteiger partial charge in [0, 0.05) is 7.05 Å². The van der Waals surface area contributed by atoms with Gasteiger partial charge in [0.1, 0.15) is 5.75 Å². The third kappa shape index (κ3) is 3.70. The fourth-order valence-corrected chi connectivity index (χ4v) is 3.19. The zero-order valence-electron chi connectivity index (χ0n) is 15.1. The van der Waals surface area contributed by atoms with Crippen LogP contribution in [0.5, 0.6) is 5.75 Å². The number of likely N-dealkylation sites (N-methyl/N-ethyl adjacent to an activating group) is 1. The van der Waals surface area contributed by atoms with Gasteiger partial charge in [-0.25, -0.2) is 0 Å². The Morgan fingerprint density at radius 2 is 1.73 bits per heavy atom. The van der Waals surface area contributed by atoms with E-state index in [0.717, 1.165) is 27.6 Å². The number of carbonyl (C=O) groups is 1. The van der Waals surface area contributed by atoms with Crippen molar-refractivity contribution < 1.29 is 14.6 Å². The summed E-state index contributed by atoms with van der Waals surface area (Å²) in [6, 6.07) is 21.1. The maximum atomic E-state index is 12.8. The Morgan fingerprint density at radius 1 is 1.04 bits per heavy atom. The third-order valence-corrected chi connectivity index (χ3v) is 4.76. The highest BCUT2D eigenvalue weighted by Gasteiger charge is 2.21. The Kier molecular flexibility index (Phi) is 5.54. The lowest BCUT2D eigenvalue weighted by molar-refractivity contribution is -0.132. The molecule has 0 radical (unpaired) electrons. The standard InChI is InChI=1S/C22H23NO3/c1-23(21(15-24)17-10-12-19(26-2)13-11-17)22(25)14-18-8-5-7-16-6-3-4-9-20(16)18/h3-13,21,24H,14-15H2,1-2H3. The van der Waals surface area contributed by atoms with E-state index in [1.807, 2.05) is 66.7 Å². The highest BCUT2D eigenvalue weighted by atomic mass is 16.5. The first kappa shape index (κ1) is 18.0. The zero-order valence-corrected chi connectivity index (χ0v) is 15.1. The van der Waals surface area contributed by atoms with Gasteiger partial charge >= 0.3 is 0 Å². The van der Waals surface area contributed by atoms with Crippen LogP contribution in [0.25, 0.3) is 10.8 Å². The predicted molar refractivity (Wildman–Crippen MR) is 103 cm³/mol. The molecular formula is C22H23NO3. The number of amides is 1. The molecule has 0 saturated heterocycles. The molecule has 0 heterocycles. The van der Waals surface area contributed by atoms with Gasteiger partial charge < -0.3 is 14.7 Å². The van der Waals surface area contributed by atoms with Crippen molar-refractivity contribution in [1.82, 2.24) is 4.90 Å². The summed E-state index contributed by atoms with van der Waals surface area (Å²) in [6.07, 6.45) is 0.296. The van der Waals surface area contributed by atoms with E-state index in [-0.39, 0.29) is 18.6 Å². The summed E-state index contributed by atoms with van der Waals surface area (Å²) in [5.41, 5.74) is 1.87. The van der Waals surface area contributed by atoms with Gasteiger partial charge in [0.05, 0.1) is 26.2 Å². The van der Waals surface area contributed by atoms with Crippen LogP contribution in [0.4, 0.5) is 0 Å². The van der Waals surface area contributed by atoms with E-state index in [1.165, 1.54) is 0 Å². The first-order valence-electron chi connectivity index (χ1n) is 8.61. The summed E-state index contributed by atoms with van der Waals surface area (Å²) in [5.74, 6) is 0.714. The number of fused-ring (bicyclic) bond motifs is 1. The van der Waals surface area contributed by atoms with Crippen molar-refractivity contribution in [2.75, 3.05) is 20.8 Å². The second-order valence-corrected chi connectivity index (χ2v) is 6.29. The van der Waals surface area contributed by atoms with Crippen LogP contribution in [0.3, 0.4) is 0 Å². The summed E-state index contributed by atoms with van der Waals surface area (Å²) in [4.78, 5) is 14.5. The molecule has 0 aliphatic heterocycles. The van der Waals surface area contributed by atoms with E-state index >= 15 is 0 Å². The van der Waals surface area contributed by atoms with Crippen LogP contribution in [0.1, 0.15) is 17.2 Å². The lowest BCUT2D eigenvalue weighted by Gasteiger charge is -2.27. The lowest BCUT2D eigenvalue weighted by Crippen LogP contribution is -2.34. The molecule has 1 amide bonds. The molecule has 3 aromatic rings. The second-order valence-electron chi connectivity index (χ2n) is 6.29. The smallest absolute Gasteiger partial charge is 0.227 e. The van der Waals surface area contributed by atoms with Crippen molar-refractivity contribution in [2.24, 2.45) is 0 Å². The predicted octanol–water partition coefficient (Wildman–Crippen LogP) is 3.58. The number of carbonyl (C=O) groups excluding carboxylic acids is 1. The molecule has 0 aromatic heterocycles. The van der Waals surface area contributed by atoms with Crippen LogP contribution in [0.2, 0.25) is 0 Å². The average Bonchev–Trinajstić information content (AvgIpc) is 2.69. The first-order valence-corrected chi connectivity index (χ1v) is 8.61. The molecule has 0 fully saturated rings. The van der Waals surface area contributed by atoms with Gasteiger partial charge in [-0.1, -0.05) is 54.6 Å². The van der Waals surface area contributed by atoms with E-state index in [9.17, 15) is 9.90 Å². The molecule has 4 heteroatoms. The number of methoxy groups -OCH3 is 1. The molecule has 0 saturated carbocycles.